The van der Waals surface area contributed by atoms with Crippen LogP contribution in [0.2, 0.25) is 0 Å². The van der Waals surface area contributed by atoms with Gasteiger partial charge >= 0.3 is 5.97 Å². The van der Waals surface area contributed by atoms with Gasteiger partial charge in [0.2, 0.25) is 0 Å². The largest absolute Gasteiger partial charge is 0.479 e. The van der Waals surface area contributed by atoms with Crippen molar-refractivity contribution >= 4 is 5.97 Å². The summed E-state index contributed by atoms with van der Waals surface area (Å²) >= 11 is 0. The van der Waals surface area contributed by atoms with Crippen molar-refractivity contribution in [1.82, 2.24) is 0 Å². The van der Waals surface area contributed by atoms with Crippen molar-refractivity contribution in [2.24, 2.45) is 0 Å². The number of ether oxygens (including phenoxy) is 1. The molecule has 6 heteroatoms. The van der Waals surface area contributed by atoms with E-state index in [1.54, 1.807) is 6.07 Å². The number of carboxylic acid groups (broad SMARTS) is 1. The van der Waals surface area contributed by atoms with Crippen molar-refractivity contribution in [2.45, 2.75) is 32.3 Å². The van der Waals surface area contributed by atoms with Crippen LogP contribution in [0.1, 0.15) is 31.4 Å². The average molecular weight is 269 g/mol. The van der Waals surface area contributed by atoms with Crippen LogP contribution < -0.4 is 4.74 Å². The molecule has 19 heavy (non-hydrogen) atoms. The molecule has 1 rings (SSSR count). The molecule has 1 aromatic rings. The van der Waals surface area contributed by atoms with E-state index in [0.29, 0.717) is 0 Å². The van der Waals surface area contributed by atoms with Crippen LogP contribution in [0.3, 0.4) is 0 Å². The summed E-state index contributed by atoms with van der Waals surface area (Å²) < 4.78 is 32.6. The molecule has 102 valence electrons. The second kappa shape index (κ2) is 5.65. The van der Waals surface area contributed by atoms with Crippen molar-refractivity contribution < 1.29 is 23.4 Å². The van der Waals surface area contributed by atoms with Gasteiger partial charge in [0.25, 0.3) is 5.92 Å². The molecule has 1 aromatic carbocycles. The Bertz CT molecular complexity index is 523. The zero-order valence-corrected chi connectivity index (χ0v) is 10.5. The van der Waals surface area contributed by atoms with Crippen molar-refractivity contribution in [3.8, 4) is 11.8 Å². The number of benzene rings is 1. The summed E-state index contributed by atoms with van der Waals surface area (Å²) in [4.78, 5) is 10.7. The van der Waals surface area contributed by atoms with E-state index in [1.807, 2.05) is 0 Å². The maximum atomic E-state index is 13.8. The molecule has 0 amide bonds. The van der Waals surface area contributed by atoms with Crippen LogP contribution in [-0.4, -0.2) is 17.2 Å². The Balaban J connectivity index is 3.24. The van der Waals surface area contributed by atoms with Crippen LogP contribution in [0, 0.1) is 11.3 Å². The van der Waals surface area contributed by atoms with Crippen LogP contribution in [0.25, 0.3) is 0 Å². The molecule has 0 spiro atoms. The average Bonchev–Trinajstić information content (AvgIpc) is 2.38. The van der Waals surface area contributed by atoms with Gasteiger partial charge in [-0.05, 0) is 25.1 Å². The number of aliphatic carboxylic acids is 1. The molecule has 0 radical (unpaired) electrons. The lowest BCUT2D eigenvalue weighted by molar-refractivity contribution is -0.144. The fourth-order valence-electron chi connectivity index (χ4n) is 1.42. The number of hydrogen-bond donors (Lipinski definition) is 1. The predicted octanol–water partition coefficient (Wildman–Crippen LogP) is 2.91. The molecule has 0 bridgehead atoms. The van der Waals surface area contributed by atoms with Gasteiger partial charge < -0.3 is 9.84 Å². The SMILES string of the molecule is CCC(F)(F)c1cc(C#N)ccc1OC(C)C(=O)O. The highest BCUT2D eigenvalue weighted by Crippen LogP contribution is 2.38. The van der Waals surface area contributed by atoms with E-state index in [2.05, 4.69) is 0 Å². The first-order chi connectivity index (χ1) is 8.81. The molecule has 0 fully saturated rings. The first-order valence-corrected chi connectivity index (χ1v) is 5.63. The van der Waals surface area contributed by atoms with Gasteiger partial charge in [-0.1, -0.05) is 6.92 Å². The van der Waals surface area contributed by atoms with Gasteiger partial charge in [-0.3, -0.25) is 0 Å². The molecule has 0 aliphatic rings. The highest BCUT2D eigenvalue weighted by atomic mass is 19.3. The number of halogens is 2. The summed E-state index contributed by atoms with van der Waals surface area (Å²) in [5.41, 5.74) is -0.402. The van der Waals surface area contributed by atoms with Gasteiger partial charge in [-0.25, -0.2) is 13.6 Å². The molecule has 1 atom stereocenters. The molecular formula is C13H13F2NO3. The van der Waals surface area contributed by atoms with E-state index in [0.717, 1.165) is 6.07 Å². The Labute approximate surface area is 109 Å². The minimum atomic E-state index is -3.18. The summed E-state index contributed by atoms with van der Waals surface area (Å²) in [6.45, 7) is 2.54. The van der Waals surface area contributed by atoms with Crippen molar-refractivity contribution in [2.75, 3.05) is 0 Å². The summed E-state index contributed by atoms with van der Waals surface area (Å²) in [7, 11) is 0. The fourth-order valence-corrected chi connectivity index (χ4v) is 1.42. The molecule has 0 heterocycles. The topological polar surface area (TPSA) is 70.3 Å². The van der Waals surface area contributed by atoms with E-state index in [4.69, 9.17) is 15.1 Å². The molecular weight excluding hydrogens is 256 g/mol. The number of alkyl halides is 2. The summed E-state index contributed by atoms with van der Waals surface area (Å²) in [5, 5.41) is 17.5. The van der Waals surface area contributed by atoms with Gasteiger partial charge in [0.15, 0.2) is 6.10 Å². The zero-order valence-electron chi connectivity index (χ0n) is 10.5. The minimum absolute atomic E-state index is 0.0680. The second-order valence-electron chi connectivity index (χ2n) is 3.98. The third-order valence-corrected chi connectivity index (χ3v) is 2.60. The lowest BCUT2D eigenvalue weighted by Gasteiger charge is -2.20. The van der Waals surface area contributed by atoms with Gasteiger partial charge in [0.05, 0.1) is 17.2 Å². The third-order valence-electron chi connectivity index (χ3n) is 2.60. The third kappa shape index (κ3) is 3.41. The summed E-state index contributed by atoms with van der Waals surface area (Å²) in [6, 6.07) is 5.28. The van der Waals surface area contributed by atoms with Crippen LogP contribution in [0.5, 0.6) is 5.75 Å². The molecule has 0 aromatic heterocycles. The number of carbonyl (C=O) groups is 1. The Morgan fingerprint density at radius 3 is 2.68 bits per heavy atom. The monoisotopic (exact) mass is 269 g/mol. The summed E-state index contributed by atoms with van der Waals surface area (Å²) in [6.07, 6.45) is -1.72. The lowest BCUT2D eigenvalue weighted by Crippen LogP contribution is -2.25. The van der Waals surface area contributed by atoms with E-state index in [-0.39, 0.29) is 11.3 Å². The van der Waals surface area contributed by atoms with Crippen molar-refractivity contribution in [1.29, 1.82) is 5.26 Å². The van der Waals surface area contributed by atoms with E-state index >= 15 is 0 Å². The van der Waals surface area contributed by atoms with Crippen molar-refractivity contribution in [3.63, 3.8) is 0 Å². The first kappa shape index (κ1) is 14.9. The molecule has 0 saturated heterocycles. The quantitative estimate of drug-likeness (QED) is 0.892. The fraction of sp³-hybridized carbons (Fsp3) is 0.385. The van der Waals surface area contributed by atoms with Gasteiger partial charge in [0, 0.05) is 6.42 Å². The highest BCUT2D eigenvalue weighted by molar-refractivity contribution is 5.72. The summed E-state index contributed by atoms with van der Waals surface area (Å²) in [5.74, 6) is -4.66. The number of hydrogen-bond acceptors (Lipinski definition) is 3. The number of rotatable bonds is 5. The second-order valence-corrected chi connectivity index (χ2v) is 3.98. The van der Waals surface area contributed by atoms with Gasteiger partial charge in [-0.2, -0.15) is 5.26 Å². The molecule has 0 aliphatic carbocycles. The van der Waals surface area contributed by atoms with Crippen LogP contribution in [-0.2, 0) is 10.7 Å². The Morgan fingerprint density at radius 2 is 2.21 bits per heavy atom. The first-order valence-electron chi connectivity index (χ1n) is 5.63. The van der Waals surface area contributed by atoms with E-state index < -0.39 is 30.0 Å². The van der Waals surface area contributed by atoms with E-state index in [9.17, 15) is 13.6 Å². The standard InChI is InChI=1S/C13H13F2NO3/c1-3-13(14,15)10-6-9(7-16)4-5-11(10)19-8(2)12(17)18/h4-6,8H,3H2,1-2H3,(H,17,18). The van der Waals surface area contributed by atoms with Gasteiger partial charge in [0.1, 0.15) is 5.75 Å². The number of nitrogens with zero attached hydrogens (tertiary/aromatic N) is 1. The maximum Gasteiger partial charge on any atom is 0.344 e. The predicted molar refractivity (Wildman–Crippen MR) is 63.1 cm³/mol. The molecule has 1 N–H and O–H groups in total. The number of nitriles is 1. The molecule has 1 unspecified atom stereocenters. The van der Waals surface area contributed by atoms with E-state index in [1.165, 1.54) is 26.0 Å². The minimum Gasteiger partial charge on any atom is -0.479 e. The van der Waals surface area contributed by atoms with Crippen LogP contribution in [0.15, 0.2) is 18.2 Å². The zero-order chi connectivity index (χ0) is 14.6. The molecule has 0 saturated carbocycles. The normalized spacial score (nSPS) is 12.6. The Hall–Kier alpha value is -2.16. The van der Waals surface area contributed by atoms with Crippen LogP contribution >= 0.6 is 0 Å². The van der Waals surface area contributed by atoms with Crippen molar-refractivity contribution in [3.05, 3.63) is 29.3 Å². The smallest absolute Gasteiger partial charge is 0.344 e. The molecule has 0 aliphatic heterocycles. The number of carboxylic acids is 1. The Kier molecular flexibility index (Phi) is 4.43. The van der Waals surface area contributed by atoms with Crippen LogP contribution in [0.4, 0.5) is 8.78 Å². The molecule has 4 nitrogen and oxygen atoms in total. The highest BCUT2D eigenvalue weighted by Gasteiger charge is 2.33. The maximum absolute atomic E-state index is 13.8. The lowest BCUT2D eigenvalue weighted by atomic mass is 10.0. The van der Waals surface area contributed by atoms with Gasteiger partial charge in [-0.15, -0.1) is 0 Å². The Morgan fingerprint density at radius 1 is 1.58 bits per heavy atom.